The van der Waals surface area contributed by atoms with Crippen LogP contribution in [0.4, 0.5) is 28.9 Å². The highest BCUT2D eigenvalue weighted by Crippen LogP contribution is 2.28. The molecule has 0 atom stereocenters. The number of hydrogen-bond acceptors (Lipinski definition) is 10. The van der Waals surface area contributed by atoms with Gasteiger partial charge in [-0.3, -0.25) is 23.7 Å². The quantitative estimate of drug-likeness (QED) is 0.131. The molecule has 0 saturated carbocycles. The lowest BCUT2D eigenvalue weighted by atomic mass is 10.1. The normalized spacial score (nSPS) is 10.6. The van der Waals surface area contributed by atoms with Gasteiger partial charge in [0.2, 0.25) is 11.8 Å². The van der Waals surface area contributed by atoms with Gasteiger partial charge in [0.25, 0.3) is 17.7 Å². The molecule has 0 unspecified atom stereocenters. The number of nitrogens with zero attached hydrogens (tertiary/aromatic N) is 7. The molecular formula is C40H37F4N9O7. The highest BCUT2D eigenvalue weighted by atomic mass is 19.1. The van der Waals surface area contributed by atoms with Gasteiger partial charge >= 0.3 is 5.97 Å². The second kappa shape index (κ2) is 18.7. The summed E-state index contributed by atoms with van der Waals surface area (Å²) in [5.41, 5.74) is 2.73. The van der Waals surface area contributed by atoms with E-state index >= 15 is 0 Å². The Bertz CT molecular complexity index is 2550. The van der Waals surface area contributed by atoms with Crippen molar-refractivity contribution >= 4 is 35.1 Å². The van der Waals surface area contributed by atoms with Crippen LogP contribution in [-0.2, 0) is 23.7 Å². The molecule has 3 N–H and O–H groups in total. The minimum absolute atomic E-state index is 0.0172. The van der Waals surface area contributed by atoms with Crippen LogP contribution in [0.3, 0.4) is 0 Å². The Morgan fingerprint density at radius 2 is 1.05 bits per heavy atom. The maximum atomic E-state index is 13.8. The molecule has 6 rings (SSSR count). The molecule has 0 aliphatic carbocycles. The number of para-hydroxylation sites is 2. The molecule has 0 saturated heterocycles. The number of carbonyl (C=O) groups is 4. The van der Waals surface area contributed by atoms with Crippen molar-refractivity contribution in [3.05, 3.63) is 119 Å². The summed E-state index contributed by atoms with van der Waals surface area (Å²) in [5.74, 6) is -5.98. The van der Waals surface area contributed by atoms with Gasteiger partial charge in [0.15, 0.2) is 24.6 Å². The molecule has 0 bridgehead atoms. The van der Waals surface area contributed by atoms with Crippen LogP contribution in [0.5, 0.6) is 11.8 Å². The smallest absolute Gasteiger partial charge is 0.341 e. The lowest BCUT2D eigenvalue weighted by Crippen LogP contribution is -2.27. The number of hydrogen-bond donors (Lipinski definition) is 3. The Balaban J connectivity index is 0.000000228. The molecule has 312 valence electrons. The number of pyridine rings is 2. The second-order valence-corrected chi connectivity index (χ2v) is 13.1. The molecule has 0 radical (unpaired) electrons. The maximum absolute atomic E-state index is 13.8. The van der Waals surface area contributed by atoms with Crippen LogP contribution in [0.15, 0.2) is 73.1 Å². The van der Waals surface area contributed by atoms with E-state index < -0.39 is 59.0 Å². The Morgan fingerprint density at radius 3 is 1.40 bits per heavy atom. The molecule has 16 nitrogen and oxygen atoms in total. The fraction of sp³-hybridized carbons (Fsp3) is 0.200. The molecule has 6 aromatic rings. The lowest BCUT2D eigenvalue weighted by molar-refractivity contribution is -0.139. The van der Waals surface area contributed by atoms with Crippen molar-refractivity contribution in [2.45, 2.75) is 13.8 Å². The van der Waals surface area contributed by atoms with E-state index in [9.17, 15) is 36.7 Å². The van der Waals surface area contributed by atoms with Crippen LogP contribution in [0, 0.1) is 37.1 Å². The molecule has 4 heterocycles. The minimum atomic E-state index is -1.12. The molecule has 3 amide bonds. The van der Waals surface area contributed by atoms with Crippen molar-refractivity contribution < 1.29 is 51.3 Å². The monoisotopic (exact) mass is 831 g/mol. The number of aryl methyl sites for hydroxylation is 4. The van der Waals surface area contributed by atoms with E-state index in [0.717, 1.165) is 29.8 Å². The average molecular weight is 832 g/mol. The SMILES string of the molecule is Cc1cc(OCC(=O)N(C)C)ncc1-c1cc(C(=O)Nc2c(F)cccc2F)nn1C.Cc1cc(OCC(=O)O)ncc1-c1cc(C(=O)Nc2c(F)cccc2F)nn1C. The first-order chi connectivity index (χ1) is 28.4. The van der Waals surface area contributed by atoms with Gasteiger partial charge in [0.1, 0.15) is 34.6 Å². The van der Waals surface area contributed by atoms with Crippen LogP contribution in [0.25, 0.3) is 22.5 Å². The van der Waals surface area contributed by atoms with Crippen molar-refractivity contribution in [3.8, 4) is 34.3 Å². The molecule has 0 spiro atoms. The number of rotatable bonds is 12. The topological polar surface area (TPSA) is 196 Å². The van der Waals surface area contributed by atoms with Gasteiger partial charge in [0.05, 0.1) is 11.4 Å². The van der Waals surface area contributed by atoms with E-state index in [2.05, 4.69) is 30.8 Å². The standard InChI is InChI=1S/C21H21F2N5O3.C19H16F2N4O4/c1-12-8-18(31-11-19(29)27(2)3)24-10-13(12)17-9-16(26-28(17)4)21(30)25-20-14(22)6-5-7-15(20)23;1-10-6-16(29-9-17(26)27)22-8-11(10)15-7-14(24-25(15)2)19(28)23-18-12(20)4-3-5-13(18)21/h5-10H,11H2,1-4H3,(H,25,30);3-8H,9H2,1-2H3,(H,23,28)(H,26,27). The summed E-state index contributed by atoms with van der Waals surface area (Å²) in [7, 11) is 6.49. The summed E-state index contributed by atoms with van der Waals surface area (Å²) in [4.78, 5) is 56.8. The first-order valence-electron chi connectivity index (χ1n) is 17.6. The molecule has 4 aromatic heterocycles. The summed E-state index contributed by atoms with van der Waals surface area (Å²) in [5, 5.41) is 21.3. The summed E-state index contributed by atoms with van der Waals surface area (Å²) in [6, 6.07) is 12.7. The number of benzene rings is 2. The summed E-state index contributed by atoms with van der Waals surface area (Å²) in [6.45, 7) is 2.92. The van der Waals surface area contributed by atoms with E-state index in [4.69, 9.17) is 14.6 Å². The predicted octanol–water partition coefficient (Wildman–Crippen LogP) is 5.57. The molecule has 2 aromatic carbocycles. The number of halogens is 4. The molecule has 60 heavy (non-hydrogen) atoms. The second-order valence-electron chi connectivity index (χ2n) is 13.1. The van der Waals surface area contributed by atoms with Gasteiger partial charge in [-0.15, -0.1) is 0 Å². The number of carbonyl (C=O) groups excluding carboxylic acids is 3. The fourth-order valence-corrected chi connectivity index (χ4v) is 5.41. The number of nitrogens with one attached hydrogen (secondary N) is 2. The highest BCUT2D eigenvalue weighted by molar-refractivity contribution is 6.04. The lowest BCUT2D eigenvalue weighted by Gasteiger charge is -2.12. The van der Waals surface area contributed by atoms with Crippen LogP contribution in [-0.4, -0.2) is 90.5 Å². The first-order valence-corrected chi connectivity index (χ1v) is 17.6. The number of aliphatic carboxylic acids is 1. The Labute approximate surface area is 339 Å². The number of carboxylic acids is 1. The Morgan fingerprint density at radius 1 is 0.667 bits per heavy atom. The van der Waals surface area contributed by atoms with Crippen LogP contribution >= 0.6 is 0 Å². The van der Waals surface area contributed by atoms with Crippen LogP contribution < -0.4 is 20.1 Å². The van der Waals surface area contributed by atoms with E-state index in [-0.39, 0.29) is 35.7 Å². The fourth-order valence-electron chi connectivity index (χ4n) is 5.41. The number of amides is 3. The van der Waals surface area contributed by atoms with Gasteiger partial charge in [-0.2, -0.15) is 10.2 Å². The van der Waals surface area contributed by atoms with E-state index in [1.54, 1.807) is 53.4 Å². The van der Waals surface area contributed by atoms with E-state index in [1.165, 1.54) is 44.7 Å². The summed E-state index contributed by atoms with van der Waals surface area (Å²) >= 11 is 0. The number of ether oxygens (including phenoxy) is 2. The third-order valence-electron chi connectivity index (χ3n) is 8.54. The van der Waals surface area contributed by atoms with Crippen molar-refractivity contribution in [1.82, 2.24) is 34.4 Å². The number of carboxylic acid groups (broad SMARTS) is 1. The number of likely N-dealkylation sites (N-methyl/N-ethyl adjacent to an activating group) is 1. The number of aromatic nitrogens is 6. The van der Waals surface area contributed by atoms with Gasteiger partial charge < -0.3 is 30.1 Å². The molecule has 0 fully saturated rings. The zero-order valence-electron chi connectivity index (χ0n) is 32.9. The molecule has 0 aliphatic heterocycles. The van der Waals surface area contributed by atoms with Crippen LogP contribution in [0.2, 0.25) is 0 Å². The average Bonchev–Trinajstić information content (AvgIpc) is 3.78. The number of anilines is 2. The third-order valence-corrected chi connectivity index (χ3v) is 8.54. The van der Waals surface area contributed by atoms with Crippen LogP contribution in [0.1, 0.15) is 32.1 Å². The highest BCUT2D eigenvalue weighted by Gasteiger charge is 2.21. The van der Waals surface area contributed by atoms with Crippen molar-refractivity contribution in [3.63, 3.8) is 0 Å². The first kappa shape index (κ1) is 43.5. The van der Waals surface area contributed by atoms with Gasteiger partial charge in [-0.25, -0.2) is 32.3 Å². The van der Waals surface area contributed by atoms with Gasteiger partial charge in [0, 0.05) is 63.8 Å². The summed E-state index contributed by atoms with van der Waals surface area (Å²) in [6.07, 6.45) is 3.00. The maximum Gasteiger partial charge on any atom is 0.341 e. The summed E-state index contributed by atoms with van der Waals surface area (Å²) < 4.78 is 68.4. The molecule has 0 aliphatic rings. The van der Waals surface area contributed by atoms with Gasteiger partial charge in [-0.1, -0.05) is 12.1 Å². The van der Waals surface area contributed by atoms with Gasteiger partial charge in [-0.05, 0) is 61.4 Å². The predicted molar refractivity (Wildman–Crippen MR) is 208 cm³/mol. The van der Waals surface area contributed by atoms with Crippen molar-refractivity contribution in [2.24, 2.45) is 14.1 Å². The van der Waals surface area contributed by atoms with Crippen molar-refractivity contribution in [2.75, 3.05) is 37.9 Å². The zero-order valence-corrected chi connectivity index (χ0v) is 32.9. The largest absolute Gasteiger partial charge is 0.479 e. The third kappa shape index (κ3) is 10.4. The molecule has 20 heteroatoms. The van der Waals surface area contributed by atoms with E-state index in [0.29, 0.717) is 28.1 Å². The van der Waals surface area contributed by atoms with Crippen molar-refractivity contribution in [1.29, 1.82) is 0 Å². The van der Waals surface area contributed by atoms with E-state index in [1.807, 2.05) is 6.92 Å². The minimum Gasteiger partial charge on any atom is -0.479 e. The zero-order chi connectivity index (χ0) is 43.8. The Kier molecular flexibility index (Phi) is 13.6. The Hall–Kier alpha value is -7.64. The molecular weight excluding hydrogens is 794 g/mol.